The first-order valence-electron chi connectivity index (χ1n) is 4.91. The molecule has 1 aliphatic rings. The number of nitrogens with two attached hydrogens (primary N) is 1. The van der Waals surface area contributed by atoms with E-state index in [1.165, 1.54) is 11.3 Å². The highest BCUT2D eigenvalue weighted by Crippen LogP contribution is 2.38. The fourth-order valence-electron chi connectivity index (χ4n) is 1.95. The summed E-state index contributed by atoms with van der Waals surface area (Å²) < 4.78 is 0. The van der Waals surface area contributed by atoms with Gasteiger partial charge in [-0.3, -0.25) is 10.1 Å². The van der Waals surface area contributed by atoms with Gasteiger partial charge in [0.1, 0.15) is 0 Å². The second kappa shape index (κ2) is 4.09. The fourth-order valence-corrected chi connectivity index (χ4v) is 3.03. The van der Waals surface area contributed by atoms with Crippen molar-refractivity contribution in [1.29, 1.82) is 0 Å². The molecule has 1 atom stereocenters. The van der Waals surface area contributed by atoms with Gasteiger partial charge in [0.2, 0.25) is 0 Å². The summed E-state index contributed by atoms with van der Waals surface area (Å²) in [5, 5.41) is 13.4. The van der Waals surface area contributed by atoms with Gasteiger partial charge in [0.25, 0.3) is 0 Å². The van der Waals surface area contributed by atoms with Crippen LogP contribution in [0.3, 0.4) is 0 Å². The second-order valence-corrected chi connectivity index (χ2v) is 4.79. The Labute approximate surface area is 95.6 Å². The summed E-state index contributed by atoms with van der Waals surface area (Å²) in [6, 6.07) is 0.776. The van der Waals surface area contributed by atoms with E-state index in [1.54, 1.807) is 6.07 Å². The van der Waals surface area contributed by atoms with Crippen molar-refractivity contribution in [1.82, 2.24) is 5.32 Å². The Morgan fingerprint density at radius 1 is 1.69 bits per heavy atom. The molecule has 1 heterocycles. The first kappa shape index (κ1) is 10.9. The number of urea groups is 1. The van der Waals surface area contributed by atoms with Gasteiger partial charge in [0.15, 0.2) is 0 Å². The van der Waals surface area contributed by atoms with Gasteiger partial charge in [0.05, 0.1) is 11.0 Å². The van der Waals surface area contributed by atoms with Crippen LogP contribution in [-0.2, 0) is 6.42 Å². The van der Waals surface area contributed by atoms with Crippen molar-refractivity contribution < 1.29 is 9.72 Å². The van der Waals surface area contributed by atoms with Crippen LogP contribution in [0.15, 0.2) is 6.07 Å². The summed E-state index contributed by atoms with van der Waals surface area (Å²) in [6.07, 6.45) is 2.53. The maximum Gasteiger partial charge on any atom is 0.324 e. The number of aryl methyl sites for hydroxylation is 1. The van der Waals surface area contributed by atoms with E-state index in [1.807, 2.05) is 0 Å². The third kappa shape index (κ3) is 1.99. The average Bonchev–Trinajstić information content (AvgIpc) is 2.61. The zero-order chi connectivity index (χ0) is 11.7. The molecular formula is C9H11N3O3S. The van der Waals surface area contributed by atoms with Gasteiger partial charge in [-0.05, 0) is 24.8 Å². The lowest BCUT2D eigenvalue weighted by Crippen LogP contribution is -2.34. The number of carbonyl (C=O) groups excluding carboxylic acids is 1. The number of hydrogen-bond donors (Lipinski definition) is 2. The second-order valence-electron chi connectivity index (χ2n) is 3.67. The molecule has 0 radical (unpaired) electrons. The molecule has 3 N–H and O–H groups in total. The number of carbonyl (C=O) groups is 1. The van der Waals surface area contributed by atoms with E-state index in [-0.39, 0.29) is 11.0 Å². The molecule has 7 heteroatoms. The number of hydrogen-bond acceptors (Lipinski definition) is 4. The van der Waals surface area contributed by atoms with Gasteiger partial charge in [-0.1, -0.05) is 11.3 Å². The molecule has 1 aliphatic carbocycles. The minimum absolute atomic E-state index is 0.128. The first-order valence-corrected chi connectivity index (χ1v) is 5.72. The molecule has 0 aromatic carbocycles. The Balaban J connectivity index is 2.30. The maximum atomic E-state index is 10.8. The highest BCUT2D eigenvalue weighted by molar-refractivity contribution is 7.15. The van der Waals surface area contributed by atoms with Gasteiger partial charge in [0, 0.05) is 10.9 Å². The third-order valence-corrected chi connectivity index (χ3v) is 3.76. The number of nitrogens with zero attached hydrogens (tertiary/aromatic N) is 1. The van der Waals surface area contributed by atoms with Gasteiger partial charge in [-0.15, -0.1) is 0 Å². The number of fused-ring (bicyclic) bond motifs is 1. The minimum atomic E-state index is -0.591. The smallest absolute Gasteiger partial charge is 0.324 e. The molecule has 0 spiro atoms. The summed E-state index contributed by atoms with van der Waals surface area (Å²) in [7, 11) is 0. The van der Waals surface area contributed by atoms with Crippen LogP contribution >= 0.6 is 11.3 Å². The molecule has 0 fully saturated rings. The topological polar surface area (TPSA) is 98.3 Å². The van der Waals surface area contributed by atoms with E-state index < -0.39 is 11.0 Å². The molecule has 0 saturated carbocycles. The van der Waals surface area contributed by atoms with Crippen molar-refractivity contribution in [2.24, 2.45) is 5.73 Å². The van der Waals surface area contributed by atoms with Crippen LogP contribution < -0.4 is 11.1 Å². The van der Waals surface area contributed by atoms with Crippen LogP contribution in [0, 0.1) is 10.1 Å². The standard InChI is InChI=1S/C9H11N3O3S/c10-9(13)11-6-2-1-3-7-5(6)4-8(16-7)12(14)15/h4,6H,1-3H2,(H3,10,11,13). The highest BCUT2D eigenvalue weighted by Gasteiger charge is 2.26. The molecular weight excluding hydrogens is 230 g/mol. The number of amides is 2. The molecule has 2 rings (SSSR count). The van der Waals surface area contributed by atoms with E-state index in [0.717, 1.165) is 29.7 Å². The van der Waals surface area contributed by atoms with Crippen molar-refractivity contribution in [3.63, 3.8) is 0 Å². The largest absolute Gasteiger partial charge is 0.352 e. The molecule has 0 aliphatic heterocycles. The molecule has 1 unspecified atom stereocenters. The highest BCUT2D eigenvalue weighted by atomic mass is 32.1. The number of nitrogens with one attached hydrogen (secondary N) is 1. The number of rotatable bonds is 2. The molecule has 2 amide bonds. The summed E-state index contributed by atoms with van der Waals surface area (Å²) in [4.78, 5) is 22.0. The fraction of sp³-hybridized carbons (Fsp3) is 0.444. The third-order valence-electron chi connectivity index (χ3n) is 2.60. The van der Waals surface area contributed by atoms with Crippen LogP contribution in [0.1, 0.15) is 29.3 Å². The zero-order valence-corrected chi connectivity index (χ0v) is 9.25. The quantitative estimate of drug-likeness (QED) is 0.609. The number of primary amides is 1. The Morgan fingerprint density at radius 3 is 3.06 bits per heavy atom. The van der Waals surface area contributed by atoms with Crippen molar-refractivity contribution in [2.45, 2.75) is 25.3 Å². The molecule has 16 heavy (non-hydrogen) atoms. The summed E-state index contributed by atoms with van der Waals surface area (Å²) >= 11 is 1.18. The summed E-state index contributed by atoms with van der Waals surface area (Å²) in [5.74, 6) is 0. The summed E-state index contributed by atoms with van der Waals surface area (Å²) in [6.45, 7) is 0. The SMILES string of the molecule is NC(=O)NC1CCCc2sc([N+](=O)[O-])cc21. The Kier molecular flexibility index (Phi) is 2.78. The van der Waals surface area contributed by atoms with Crippen molar-refractivity contribution in [2.75, 3.05) is 0 Å². The van der Waals surface area contributed by atoms with Crippen LogP contribution in [-0.4, -0.2) is 11.0 Å². The predicted molar refractivity (Wildman–Crippen MR) is 59.4 cm³/mol. The maximum absolute atomic E-state index is 10.8. The molecule has 86 valence electrons. The zero-order valence-electron chi connectivity index (χ0n) is 8.43. The first-order chi connectivity index (χ1) is 7.58. The van der Waals surface area contributed by atoms with Crippen molar-refractivity contribution >= 4 is 22.4 Å². The molecule has 0 bridgehead atoms. The minimum Gasteiger partial charge on any atom is -0.352 e. The van der Waals surface area contributed by atoms with E-state index in [2.05, 4.69) is 5.32 Å². The molecule has 6 nitrogen and oxygen atoms in total. The Hall–Kier alpha value is -1.63. The van der Waals surface area contributed by atoms with E-state index in [4.69, 9.17) is 5.73 Å². The number of nitro groups is 1. The Bertz CT molecular complexity index is 443. The van der Waals surface area contributed by atoms with E-state index >= 15 is 0 Å². The predicted octanol–water partition coefficient (Wildman–Crippen LogP) is 1.70. The lowest BCUT2D eigenvalue weighted by molar-refractivity contribution is -0.380. The van der Waals surface area contributed by atoms with Crippen LogP contribution in [0.5, 0.6) is 0 Å². The van der Waals surface area contributed by atoms with Crippen molar-refractivity contribution in [3.05, 3.63) is 26.6 Å². The van der Waals surface area contributed by atoms with Crippen LogP contribution in [0.4, 0.5) is 9.80 Å². The molecule has 1 aromatic rings. The number of thiophene rings is 1. The van der Waals surface area contributed by atoms with E-state index in [0.29, 0.717) is 0 Å². The van der Waals surface area contributed by atoms with E-state index in [9.17, 15) is 14.9 Å². The van der Waals surface area contributed by atoms with Crippen LogP contribution in [0.2, 0.25) is 0 Å². The Morgan fingerprint density at radius 2 is 2.44 bits per heavy atom. The van der Waals surface area contributed by atoms with Gasteiger partial charge in [-0.25, -0.2) is 4.79 Å². The monoisotopic (exact) mass is 241 g/mol. The van der Waals surface area contributed by atoms with Gasteiger partial charge in [-0.2, -0.15) is 0 Å². The lowest BCUT2D eigenvalue weighted by Gasteiger charge is -2.22. The van der Waals surface area contributed by atoms with Crippen LogP contribution in [0.25, 0.3) is 0 Å². The lowest BCUT2D eigenvalue weighted by atomic mass is 9.94. The molecule has 0 saturated heterocycles. The van der Waals surface area contributed by atoms with Gasteiger partial charge < -0.3 is 11.1 Å². The normalized spacial score (nSPS) is 18.9. The molecule has 1 aromatic heterocycles. The van der Waals surface area contributed by atoms with Crippen molar-refractivity contribution in [3.8, 4) is 0 Å². The summed E-state index contributed by atoms with van der Waals surface area (Å²) in [5.41, 5.74) is 5.92. The van der Waals surface area contributed by atoms with Gasteiger partial charge >= 0.3 is 11.0 Å². The average molecular weight is 241 g/mol.